The van der Waals surface area contributed by atoms with Crippen LogP contribution in [0.1, 0.15) is 36.6 Å². The summed E-state index contributed by atoms with van der Waals surface area (Å²) in [7, 11) is 1.42. The molecule has 10 heteroatoms. The zero-order valence-corrected chi connectivity index (χ0v) is 19.8. The highest BCUT2D eigenvalue weighted by Gasteiger charge is 2.35. The van der Waals surface area contributed by atoms with Crippen LogP contribution in [0.2, 0.25) is 0 Å². The van der Waals surface area contributed by atoms with E-state index in [-0.39, 0.29) is 25.6 Å². The molecule has 0 atom stereocenters. The molecule has 0 unspecified atom stereocenters. The molecule has 3 aromatic rings. The molecule has 0 spiro atoms. The van der Waals surface area contributed by atoms with E-state index in [9.17, 15) is 19.5 Å². The first-order chi connectivity index (χ1) is 16.7. The molecular formula is C25H27N5O5. The number of carbonyl (C=O) groups is 3. The molecule has 2 N–H and O–H groups in total. The lowest BCUT2D eigenvalue weighted by Gasteiger charge is -2.31. The first-order valence-corrected chi connectivity index (χ1v) is 11.2. The number of amides is 2. The van der Waals surface area contributed by atoms with Gasteiger partial charge in [0.1, 0.15) is 24.4 Å². The third kappa shape index (κ3) is 4.86. The van der Waals surface area contributed by atoms with Crippen LogP contribution in [0.4, 0.5) is 4.79 Å². The van der Waals surface area contributed by atoms with Crippen LogP contribution in [0.3, 0.4) is 0 Å². The summed E-state index contributed by atoms with van der Waals surface area (Å²) in [5, 5.41) is 19.8. The molecule has 2 amide bonds. The predicted octanol–water partition coefficient (Wildman–Crippen LogP) is 2.64. The van der Waals surface area contributed by atoms with Gasteiger partial charge in [-0.1, -0.05) is 53.7 Å². The lowest BCUT2D eigenvalue weighted by Crippen LogP contribution is -2.51. The molecular weight excluding hydrogens is 450 g/mol. The number of aliphatic carboxylic acids is 1. The van der Waals surface area contributed by atoms with Gasteiger partial charge in [-0.05, 0) is 36.1 Å². The van der Waals surface area contributed by atoms with Gasteiger partial charge in [0.2, 0.25) is 5.91 Å². The Balaban J connectivity index is 1.30. The Kier molecular flexibility index (Phi) is 6.54. The summed E-state index contributed by atoms with van der Waals surface area (Å²) >= 11 is 0. The second kappa shape index (κ2) is 9.57. The Bertz CT molecular complexity index is 1220. The van der Waals surface area contributed by atoms with Gasteiger partial charge in [0.25, 0.3) is 0 Å². The van der Waals surface area contributed by atoms with Gasteiger partial charge in [0.05, 0.1) is 12.7 Å². The minimum atomic E-state index is -1.36. The number of fused-ring (bicyclic) bond motifs is 3. The number of hydrogen-bond acceptors (Lipinski definition) is 6. The van der Waals surface area contributed by atoms with Gasteiger partial charge in [-0.15, -0.1) is 5.10 Å². The number of ether oxygens (including phenoxy) is 1. The van der Waals surface area contributed by atoms with E-state index in [1.54, 1.807) is 0 Å². The van der Waals surface area contributed by atoms with E-state index in [1.165, 1.54) is 31.8 Å². The highest BCUT2D eigenvalue weighted by Crippen LogP contribution is 2.44. The fourth-order valence-electron chi connectivity index (χ4n) is 4.01. The van der Waals surface area contributed by atoms with Crippen molar-refractivity contribution in [3.05, 3.63) is 71.5 Å². The number of hydrogen-bond donors (Lipinski definition) is 2. The van der Waals surface area contributed by atoms with E-state index in [0.29, 0.717) is 5.69 Å². The molecule has 0 saturated carbocycles. The molecule has 0 fully saturated rings. The van der Waals surface area contributed by atoms with Crippen LogP contribution in [-0.4, -0.2) is 62.2 Å². The molecule has 1 heterocycles. The summed E-state index contributed by atoms with van der Waals surface area (Å²) in [5.41, 5.74) is 3.65. The minimum absolute atomic E-state index is 0.0351. The minimum Gasteiger partial charge on any atom is -0.480 e. The Morgan fingerprint density at radius 2 is 1.69 bits per heavy atom. The maximum atomic E-state index is 12.4. The van der Waals surface area contributed by atoms with Crippen LogP contribution in [0.25, 0.3) is 11.1 Å². The average Bonchev–Trinajstić information content (AvgIpc) is 3.42. The van der Waals surface area contributed by atoms with Crippen molar-refractivity contribution in [2.75, 3.05) is 13.7 Å². The van der Waals surface area contributed by atoms with E-state index >= 15 is 0 Å². The molecule has 1 aliphatic rings. The van der Waals surface area contributed by atoms with Crippen molar-refractivity contribution >= 4 is 18.0 Å². The van der Waals surface area contributed by atoms with Gasteiger partial charge in [-0.2, -0.15) is 0 Å². The van der Waals surface area contributed by atoms with E-state index in [4.69, 9.17) is 4.74 Å². The highest BCUT2D eigenvalue weighted by atomic mass is 16.5. The number of benzene rings is 2. The van der Waals surface area contributed by atoms with Crippen molar-refractivity contribution in [2.45, 2.75) is 38.4 Å². The summed E-state index contributed by atoms with van der Waals surface area (Å²) in [5.74, 6) is -1.58. The van der Waals surface area contributed by atoms with Crippen molar-refractivity contribution in [1.29, 1.82) is 0 Å². The lowest BCUT2D eigenvalue weighted by molar-refractivity contribution is -0.155. The van der Waals surface area contributed by atoms with Crippen molar-refractivity contribution in [3.63, 3.8) is 0 Å². The molecule has 2 aromatic carbocycles. The summed E-state index contributed by atoms with van der Waals surface area (Å²) in [4.78, 5) is 37.2. The van der Waals surface area contributed by atoms with Crippen LogP contribution in [-0.2, 0) is 27.4 Å². The second-order valence-electron chi connectivity index (χ2n) is 8.90. The molecule has 0 aliphatic heterocycles. The number of carboxylic acids is 1. The molecule has 1 aromatic heterocycles. The predicted molar refractivity (Wildman–Crippen MR) is 126 cm³/mol. The maximum absolute atomic E-state index is 12.4. The maximum Gasteiger partial charge on any atom is 0.407 e. The van der Waals surface area contributed by atoms with E-state index < -0.39 is 23.5 Å². The van der Waals surface area contributed by atoms with Gasteiger partial charge < -0.3 is 20.1 Å². The summed E-state index contributed by atoms with van der Waals surface area (Å²) in [6.45, 7) is 2.98. The third-order valence-electron chi connectivity index (χ3n) is 6.38. The summed E-state index contributed by atoms with van der Waals surface area (Å²) < 4.78 is 6.80. The van der Waals surface area contributed by atoms with Crippen LogP contribution in [0.15, 0.2) is 54.7 Å². The van der Waals surface area contributed by atoms with E-state index in [1.807, 2.05) is 24.3 Å². The molecule has 35 heavy (non-hydrogen) atoms. The van der Waals surface area contributed by atoms with Gasteiger partial charge in [0, 0.05) is 13.0 Å². The van der Waals surface area contributed by atoms with Gasteiger partial charge in [0.15, 0.2) is 0 Å². The fourth-order valence-corrected chi connectivity index (χ4v) is 4.01. The lowest BCUT2D eigenvalue weighted by atomic mass is 9.98. The number of nitrogens with one attached hydrogen (secondary N) is 1. The van der Waals surface area contributed by atoms with Gasteiger partial charge in [-0.25, -0.2) is 14.3 Å². The van der Waals surface area contributed by atoms with Crippen LogP contribution in [0, 0.1) is 0 Å². The largest absolute Gasteiger partial charge is 0.480 e. The molecule has 0 radical (unpaired) electrons. The topological polar surface area (TPSA) is 127 Å². The Morgan fingerprint density at radius 1 is 1.09 bits per heavy atom. The van der Waals surface area contributed by atoms with E-state index in [0.717, 1.165) is 27.2 Å². The van der Waals surface area contributed by atoms with Crippen molar-refractivity contribution < 1.29 is 24.2 Å². The van der Waals surface area contributed by atoms with Crippen molar-refractivity contribution in [2.24, 2.45) is 0 Å². The molecule has 0 bridgehead atoms. The normalized spacial score (nSPS) is 12.5. The Morgan fingerprint density at radius 3 is 2.29 bits per heavy atom. The van der Waals surface area contributed by atoms with Crippen molar-refractivity contribution in [1.82, 2.24) is 25.2 Å². The van der Waals surface area contributed by atoms with E-state index in [2.05, 4.69) is 39.9 Å². The zero-order chi connectivity index (χ0) is 25.2. The number of nitrogens with zero attached hydrogens (tertiary/aromatic N) is 4. The SMILES string of the molecule is CN(C(=O)Cn1cc(CNC(=O)OCC2c3ccccc3-c3ccccc32)nn1)C(C)(C)C(=O)O. The molecule has 0 saturated heterocycles. The fraction of sp³-hybridized carbons (Fsp3) is 0.320. The quantitative estimate of drug-likeness (QED) is 0.511. The smallest absolute Gasteiger partial charge is 0.407 e. The second-order valence-corrected chi connectivity index (χ2v) is 8.90. The summed E-state index contributed by atoms with van der Waals surface area (Å²) in [6, 6.07) is 16.2. The number of alkyl carbamates (subject to hydrolysis) is 1. The number of carbonyl (C=O) groups excluding carboxylic acids is 2. The first-order valence-electron chi connectivity index (χ1n) is 11.2. The summed E-state index contributed by atoms with van der Waals surface area (Å²) in [6.07, 6.45) is 0.934. The highest BCUT2D eigenvalue weighted by molar-refractivity contribution is 5.86. The van der Waals surface area contributed by atoms with Crippen LogP contribution >= 0.6 is 0 Å². The number of carboxylic acid groups (broad SMARTS) is 1. The monoisotopic (exact) mass is 477 g/mol. The van der Waals surface area contributed by atoms with Crippen LogP contribution in [0.5, 0.6) is 0 Å². The zero-order valence-electron chi connectivity index (χ0n) is 19.8. The average molecular weight is 478 g/mol. The molecule has 10 nitrogen and oxygen atoms in total. The third-order valence-corrected chi connectivity index (χ3v) is 6.38. The Hall–Kier alpha value is -4.21. The molecule has 1 aliphatic carbocycles. The van der Waals surface area contributed by atoms with Gasteiger partial charge >= 0.3 is 12.1 Å². The Labute approximate surface area is 202 Å². The number of aromatic nitrogens is 3. The standard InChI is InChI=1S/C25H27N5O5/c1-25(2,23(32)33)29(3)22(31)14-30-13-16(27-28-30)12-26-24(34)35-15-21-19-10-6-4-8-17(19)18-9-5-7-11-20(18)21/h4-11,13,21H,12,14-15H2,1-3H3,(H,26,34)(H,32,33). The van der Waals surface area contributed by atoms with Crippen molar-refractivity contribution in [3.8, 4) is 11.1 Å². The number of rotatable bonds is 8. The molecule has 182 valence electrons. The number of likely N-dealkylation sites (N-methyl/N-ethyl adjacent to an activating group) is 1. The van der Waals surface area contributed by atoms with Crippen LogP contribution < -0.4 is 5.32 Å². The molecule has 4 rings (SSSR count). The van der Waals surface area contributed by atoms with Gasteiger partial charge in [-0.3, -0.25) is 4.79 Å². The first kappa shape index (κ1) is 23.9.